The molecule has 0 N–H and O–H groups in total. The largest absolute Gasteiger partial charge is 0.378 e. The summed E-state index contributed by atoms with van der Waals surface area (Å²) in [7, 11) is 17.0. The zero-order valence-corrected chi connectivity index (χ0v) is 29.8. The van der Waals surface area contributed by atoms with Crippen LogP contribution in [0, 0.1) is 0 Å². The molecule has 6 aromatic carbocycles. The lowest BCUT2D eigenvalue weighted by Gasteiger charge is -2.31. The van der Waals surface area contributed by atoms with Crippen LogP contribution in [0.25, 0.3) is 44.5 Å². The molecule has 6 aromatic rings. The fourth-order valence-electron chi connectivity index (χ4n) is 8.15. The summed E-state index contributed by atoms with van der Waals surface area (Å²) in [5.74, 6) is 0. The van der Waals surface area contributed by atoms with Crippen LogP contribution in [0.15, 0.2) is 121 Å². The zero-order chi connectivity index (χ0) is 34.2. The van der Waals surface area contributed by atoms with E-state index < -0.39 is 5.41 Å². The van der Waals surface area contributed by atoms with Gasteiger partial charge in [-0.2, -0.15) is 0 Å². The first kappa shape index (κ1) is 30.8. The second kappa shape index (κ2) is 11.3. The predicted octanol–water partition coefficient (Wildman–Crippen LogP) is 9.63. The first-order valence-electron chi connectivity index (χ1n) is 17.1. The van der Waals surface area contributed by atoms with Crippen LogP contribution in [0.2, 0.25) is 0 Å². The Labute approximate surface area is 291 Å². The van der Waals surface area contributed by atoms with Crippen LogP contribution < -0.4 is 19.6 Å². The Kier molecular flexibility index (Phi) is 7.11. The summed E-state index contributed by atoms with van der Waals surface area (Å²) < 4.78 is 0. The van der Waals surface area contributed by atoms with Crippen LogP contribution in [-0.2, 0) is 5.41 Å². The van der Waals surface area contributed by atoms with Gasteiger partial charge in [0, 0.05) is 79.1 Å². The van der Waals surface area contributed by atoms with Crippen LogP contribution in [-0.4, -0.2) is 56.4 Å². The highest BCUT2D eigenvalue weighted by molar-refractivity contribution is 6.01. The normalized spacial score (nSPS) is 15.0. The summed E-state index contributed by atoms with van der Waals surface area (Å²) in [6.45, 7) is 0. The molecule has 1 unspecified atom stereocenters. The van der Waals surface area contributed by atoms with Crippen molar-refractivity contribution in [2.75, 3.05) is 76.0 Å². The number of anilines is 4. The van der Waals surface area contributed by atoms with Gasteiger partial charge in [0.25, 0.3) is 0 Å². The molecule has 1 spiro atoms. The van der Waals surface area contributed by atoms with E-state index in [1.807, 2.05) is 0 Å². The smallest absolute Gasteiger partial charge is 0.0725 e. The van der Waals surface area contributed by atoms with E-state index in [9.17, 15) is 0 Å². The molecule has 49 heavy (non-hydrogen) atoms. The van der Waals surface area contributed by atoms with Gasteiger partial charge in [-0.25, -0.2) is 0 Å². The highest BCUT2D eigenvalue weighted by Crippen LogP contribution is 2.64. The lowest BCUT2D eigenvalue weighted by atomic mass is 9.70. The van der Waals surface area contributed by atoms with Crippen molar-refractivity contribution >= 4 is 22.7 Å². The topological polar surface area (TPSA) is 13.0 Å². The molecule has 0 saturated carbocycles. The van der Waals surface area contributed by atoms with Gasteiger partial charge in [0.15, 0.2) is 0 Å². The van der Waals surface area contributed by atoms with E-state index in [1.165, 1.54) is 89.5 Å². The first-order valence-corrected chi connectivity index (χ1v) is 17.1. The molecule has 0 bridgehead atoms. The number of benzene rings is 6. The highest BCUT2D eigenvalue weighted by Gasteiger charge is 2.52. The Balaban J connectivity index is 1.44. The summed E-state index contributed by atoms with van der Waals surface area (Å²) in [6, 6.07) is 46.2. The van der Waals surface area contributed by atoms with Crippen molar-refractivity contribution in [2.45, 2.75) is 5.41 Å². The fourth-order valence-corrected chi connectivity index (χ4v) is 8.15. The van der Waals surface area contributed by atoms with Gasteiger partial charge >= 0.3 is 0 Å². The molecule has 0 radical (unpaired) electrons. The molecule has 2 aliphatic rings. The van der Waals surface area contributed by atoms with Crippen molar-refractivity contribution in [1.29, 1.82) is 0 Å². The van der Waals surface area contributed by atoms with Crippen LogP contribution in [0.3, 0.4) is 0 Å². The number of fused-ring (bicyclic) bond motifs is 10. The molecule has 0 aliphatic heterocycles. The molecule has 8 rings (SSSR count). The van der Waals surface area contributed by atoms with Gasteiger partial charge in [-0.1, -0.05) is 78.9 Å². The number of hydrogen-bond acceptors (Lipinski definition) is 4. The lowest BCUT2D eigenvalue weighted by Crippen LogP contribution is -2.25. The zero-order valence-electron chi connectivity index (χ0n) is 29.8. The van der Waals surface area contributed by atoms with E-state index in [-0.39, 0.29) is 0 Å². The van der Waals surface area contributed by atoms with E-state index >= 15 is 0 Å². The summed E-state index contributed by atoms with van der Waals surface area (Å²) in [5.41, 5.74) is 20.0. The molecule has 2 aliphatic carbocycles. The Morgan fingerprint density at radius 1 is 0.327 bits per heavy atom. The third-order valence-corrected chi connectivity index (χ3v) is 10.6. The minimum absolute atomic E-state index is 0.434. The molecule has 1 atom stereocenters. The Bertz CT molecular complexity index is 2200. The second-order valence-corrected chi connectivity index (χ2v) is 14.4. The van der Waals surface area contributed by atoms with Crippen LogP contribution in [0.1, 0.15) is 22.3 Å². The summed E-state index contributed by atoms with van der Waals surface area (Å²) in [5, 5.41) is 0. The standard InChI is InChI=1S/C45H44N4/c1-46(2)32-22-30(23-33(27-32)47(3)4)29-20-21-38-37-14-9-11-17-40(37)45(43(38)26-29)41-18-12-10-15-39(41)44-36(16-13-19-42(44)45)31-24-34(48(5)6)28-35(25-31)49(7)8/h9-28H,1-8H3. The van der Waals surface area contributed by atoms with Crippen molar-refractivity contribution in [3.8, 4) is 44.5 Å². The van der Waals surface area contributed by atoms with E-state index in [0.29, 0.717) is 0 Å². The third kappa shape index (κ3) is 4.58. The molecule has 0 saturated heterocycles. The molecular weight excluding hydrogens is 597 g/mol. The Morgan fingerprint density at radius 3 is 1.35 bits per heavy atom. The predicted molar refractivity (Wildman–Crippen MR) is 211 cm³/mol. The van der Waals surface area contributed by atoms with Crippen molar-refractivity contribution in [2.24, 2.45) is 0 Å². The number of hydrogen-bond donors (Lipinski definition) is 0. The number of nitrogens with zero attached hydrogens (tertiary/aromatic N) is 4. The molecule has 0 amide bonds. The van der Waals surface area contributed by atoms with Gasteiger partial charge in [-0.15, -0.1) is 0 Å². The van der Waals surface area contributed by atoms with Crippen LogP contribution in [0.4, 0.5) is 22.7 Å². The average molecular weight is 641 g/mol. The van der Waals surface area contributed by atoms with E-state index in [1.54, 1.807) is 0 Å². The SMILES string of the molecule is CN(C)c1cc(-c2ccc3c(c2)C2(c4ccccc4-3)c3ccccc3-c3c(-c4cc(N(C)C)cc(N(C)C)c4)cccc32)cc(N(C)C)c1. The molecule has 244 valence electrons. The molecule has 0 heterocycles. The minimum atomic E-state index is -0.434. The van der Waals surface area contributed by atoms with Crippen molar-refractivity contribution in [3.63, 3.8) is 0 Å². The van der Waals surface area contributed by atoms with Gasteiger partial charge in [0.2, 0.25) is 0 Å². The van der Waals surface area contributed by atoms with Crippen LogP contribution >= 0.6 is 0 Å². The molecule has 0 fully saturated rings. The molecular formula is C45H44N4. The van der Waals surface area contributed by atoms with E-state index in [4.69, 9.17) is 0 Å². The summed E-state index contributed by atoms with van der Waals surface area (Å²) >= 11 is 0. The molecule has 0 aromatic heterocycles. The monoisotopic (exact) mass is 640 g/mol. The third-order valence-electron chi connectivity index (χ3n) is 10.6. The van der Waals surface area contributed by atoms with Crippen LogP contribution in [0.5, 0.6) is 0 Å². The summed E-state index contributed by atoms with van der Waals surface area (Å²) in [4.78, 5) is 8.79. The maximum atomic E-state index is 2.49. The van der Waals surface area contributed by atoms with Gasteiger partial charge in [0.1, 0.15) is 0 Å². The molecule has 4 nitrogen and oxygen atoms in total. The first-order chi connectivity index (χ1) is 23.6. The lowest BCUT2D eigenvalue weighted by molar-refractivity contribution is 0.794. The van der Waals surface area contributed by atoms with E-state index in [2.05, 4.69) is 197 Å². The Morgan fingerprint density at radius 2 is 0.776 bits per heavy atom. The van der Waals surface area contributed by atoms with E-state index in [0.717, 1.165) is 0 Å². The fraction of sp³-hybridized carbons (Fsp3) is 0.200. The maximum absolute atomic E-state index is 2.49. The van der Waals surface area contributed by atoms with Gasteiger partial charge in [-0.05, 0) is 109 Å². The Hall–Kier alpha value is -5.48. The maximum Gasteiger partial charge on any atom is 0.0725 e. The highest BCUT2D eigenvalue weighted by atomic mass is 15.1. The molecule has 4 heteroatoms. The van der Waals surface area contributed by atoms with Crippen molar-refractivity contribution < 1.29 is 0 Å². The second-order valence-electron chi connectivity index (χ2n) is 14.4. The van der Waals surface area contributed by atoms with Gasteiger partial charge in [-0.3, -0.25) is 0 Å². The van der Waals surface area contributed by atoms with Crippen molar-refractivity contribution in [3.05, 3.63) is 144 Å². The quantitative estimate of drug-likeness (QED) is 0.179. The van der Waals surface area contributed by atoms with Crippen molar-refractivity contribution in [1.82, 2.24) is 0 Å². The number of rotatable bonds is 6. The summed E-state index contributed by atoms with van der Waals surface area (Å²) in [6.07, 6.45) is 0. The minimum Gasteiger partial charge on any atom is -0.378 e. The average Bonchev–Trinajstić information content (AvgIpc) is 3.58. The van der Waals surface area contributed by atoms with Gasteiger partial charge < -0.3 is 19.6 Å². The van der Waals surface area contributed by atoms with Gasteiger partial charge in [0.05, 0.1) is 5.41 Å².